The van der Waals surface area contributed by atoms with E-state index in [4.69, 9.17) is 0 Å². The van der Waals surface area contributed by atoms with Crippen molar-refractivity contribution in [2.24, 2.45) is 0 Å². The topological polar surface area (TPSA) is 46.5 Å². The Balaban J connectivity index is 2.45. The second-order valence-corrected chi connectivity index (χ2v) is 3.04. The molecule has 0 aromatic carbocycles. The van der Waals surface area contributed by atoms with E-state index in [9.17, 15) is 9.90 Å². The average molecular weight is 170 g/mol. The summed E-state index contributed by atoms with van der Waals surface area (Å²) < 4.78 is 4.53. The van der Waals surface area contributed by atoms with Crippen LogP contribution in [0.15, 0.2) is 11.6 Å². The van der Waals surface area contributed by atoms with Crippen molar-refractivity contribution in [1.29, 1.82) is 0 Å². The summed E-state index contributed by atoms with van der Waals surface area (Å²) in [6.45, 7) is 0. The van der Waals surface area contributed by atoms with Crippen LogP contribution in [0, 0.1) is 0 Å². The second kappa shape index (κ2) is 4.26. The highest BCUT2D eigenvalue weighted by molar-refractivity contribution is 5.72. The first kappa shape index (κ1) is 9.26. The fourth-order valence-electron chi connectivity index (χ4n) is 1.38. The molecule has 1 atom stereocenters. The van der Waals surface area contributed by atoms with Gasteiger partial charge in [-0.25, -0.2) is 0 Å². The normalized spacial score (nSPS) is 23.2. The highest BCUT2D eigenvalue weighted by Crippen LogP contribution is 2.20. The van der Waals surface area contributed by atoms with Crippen molar-refractivity contribution in [2.75, 3.05) is 7.11 Å². The maximum absolute atomic E-state index is 10.8. The summed E-state index contributed by atoms with van der Waals surface area (Å²) in [6.07, 6.45) is 4.41. The molecule has 0 saturated heterocycles. The number of hydrogen-bond acceptors (Lipinski definition) is 3. The maximum atomic E-state index is 10.8. The standard InChI is InChI=1S/C9H14O3/c1-12-9(11)6-7-3-2-4-8(10)5-7/h5,8,10H,2-4,6H2,1H3. The molecule has 3 heteroatoms. The molecule has 0 aromatic rings. The Kier molecular flexibility index (Phi) is 3.29. The van der Waals surface area contributed by atoms with E-state index in [0.29, 0.717) is 6.42 Å². The summed E-state index contributed by atoms with van der Waals surface area (Å²) in [5, 5.41) is 9.24. The molecule has 0 fully saturated rings. The van der Waals surface area contributed by atoms with Crippen molar-refractivity contribution in [3.63, 3.8) is 0 Å². The molecule has 0 radical (unpaired) electrons. The Morgan fingerprint density at radius 1 is 1.83 bits per heavy atom. The number of aliphatic hydroxyl groups excluding tert-OH is 1. The lowest BCUT2D eigenvalue weighted by atomic mass is 9.95. The van der Waals surface area contributed by atoms with Gasteiger partial charge in [0.1, 0.15) is 0 Å². The predicted molar refractivity (Wildman–Crippen MR) is 44.6 cm³/mol. The van der Waals surface area contributed by atoms with E-state index in [2.05, 4.69) is 4.74 Å². The van der Waals surface area contributed by atoms with E-state index in [-0.39, 0.29) is 12.1 Å². The Bertz CT molecular complexity index is 196. The third kappa shape index (κ3) is 2.66. The zero-order valence-electron chi connectivity index (χ0n) is 7.25. The first-order chi connectivity index (χ1) is 5.72. The monoisotopic (exact) mass is 170 g/mol. The van der Waals surface area contributed by atoms with Gasteiger partial charge >= 0.3 is 5.97 Å². The van der Waals surface area contributed by atoms with E-state index >= 15 is 0 Å². The molecule has 12 heavy (non-hydrogen) atoms. The SMILES string of the molecule is COC(=O)CC1=CC(O)CCC1. The molecule has 1 rings (SSSR count). The van der Waals surface area contributed by atoms with E-state index in [1.165, 1.54) is 7.11 Å². The third-order valence-corrected chi connectivity index (χ3v) is 2.02. The van der Waals surface area contributed by atoms with Crippen LogP contribution in [0.4, 0.5) is 0 Å². The van der Waals surface area contributed by atoms with Crippen molar-refractivity contribution in [2.45, 2.75) is 31.8 Å². The molecular weight excluding hydrogens is 156 g/mol. The molecule has 3 nitrogen and oxygen atoms in total. The lowest BCUT2D eigenvalue weighted by Gasteiger charge is -2.15. The maximum Gasteiger partial charge on any atom is 0.309 e. The third-order valence-electron chi connectivity index (χ3n) is 2.02. The van der Waals surface area contributed by atoms with Crippen LogP contribution in [0.5, 0.6) is 0 Å². The second-order valence-electron chi connectivity index (χ2n) is 3.04. The van der Waals surface area contributed by atoms with Crippen molar-refractivity contribution in [3.05, 3.63) is 11.6 Å². The van der Waals surface area contributed by atoms with Gasteiger partial charge in [-0.2, -0.15) is 0 Å². The van der Waals surface area contributed by atoms with Gasteiger partial charge in [-0.05, 0) is 19.3 Å². The van der Waals surface area contributed by atoms with Gasteiger partial charge in [0.05, 0.1) is 19.6 Å². The van der Waals surface area contributed by atoms with Crippen molar-refractivity contribution >= 4 is 5.97 Å². The summed E-state index contributed by atoms with van der Waals surface area (Å²) in [4.78, 5) is 10.8. The number of carbonyl (C=O) groups excluding carboxylic acids is 1. The fourth-order valence-corrected chi connectivity index (χ4v) is 1.38. The lowest BCUT2D eigenvalue weighted by Crippen LogP contribution is -2.11. The van der Waals surface area contributed by atoms with Crippen LogP contribution in [-0.4, -0.2) is 24.3 Å². The lowest BCUT2D eigenvalue weighted by molar-refractivity contribution is -0.139. The first-order valence-electron chi connectivity index (χ1n) is 4.17. The summed E-state index contributed by atoms with van der Waals surface area (Å²) in [7, 11) is 1.38. The molecule has 1 aliphatic carbocycles. The molecule has 1 unspecified atom stereocenters. The Hall–Kier alpha value is -0.830. The molecular formula is C9H14O3. The van der Waals surface area contributed by atoms with E-state index in [1.807, 2.05) is 0 Å². The zero-order chi connectivity index (χ0) is 8.97. The summed E-state index contributed by atoms with van der Waals surface area (Å²) in [6, 6.07) is 0. The average Bonchev–Trinajstić information content (AvgIpc) is 2.04. The predicted octanol–water partition coefficient (Wildman–Crippen LogP) is 1.02. The van der Waals surface area contributed by atoms with Crippen LogP contribution in [-0.2, 0) is 9.53 Å². The minimum atomic E-state index is -0.363. The van der Waals surface area contributed by atoms with Crippen LogP contribution >= 0.6 is 0 Å². The molecule has 0 bridgehead atoms. The Labute approximate surface area is 72.0 Å². The number of aliphatic hydroxyl groups is 1. The highest BCUT2D eigenvalue weighted by Gasteiger charge is 2.13. The molecule has 0 aliphatic heterocycles. The number of hydrogen-bond donors (Lipinski definition) is 1. The first-order valence-corrected chi connectivity index (χ1v) is 4.17. The smallest absolute Gasteiger partial charge is 0.309 e. The van der Waals surface area contributed by atoms with Gasteiger partial charge < -0.3 is 9.84 Å². The van der Waals surface area contributed by atoms with Crippen LogP contribution < -0.4 is 0 Å². The largest absolute Gasteiger partial charge is 0.469 e. The number of rotatable bonds is 2. The molecule has 1 N–H and O–H groups in total. The number of esters is 1. The van der Waals surface area contributed by atoms with Gasteiger partial charge in [-0.1, -0.05) is 11.6 Å². The van der Waals surface area contributed by atoms with Crippen LogP contribution in [0.3, 0.4) is 0 Å². The van der Waals surface area contributed by atoms with Gasteiger partial charge in [-0.15, -0.1) is 0 Å². The Morgan fingerprint density at radius 2 is 2.58 bits per heavy atom. The molecule has 0 saturated carbocycles. The fraction of sp³-hybridized carbons (Fsp3) is 0.667. The summed E-state index contributed by atoms with van der Waals surface area (Å²) >= 11 is 0. The van der Waals surface area contributed by atoms with Gasteiger partial charge in [0, 0.05) is 0 Å². The van der Waals surface area contributed by atoms with Crippen molar-refractivity contribution in [1.82, 2.24) is 0 Å². The van der Waals surface area contributed by atoms with Gasteiger partial charge in [0.25, 0.3) is 0 Å². The number of methoxy groups -OCH3 is 1. The Morgan fingerprint density at radius 3 is 3.17 bits per heavy atom. The van der Waals surface area contributed by atoms with Crippen LogP contribution in [0.1, 0.15) is 25.7 Å². The quantitative estimate of drug-likeness (QED) is 0.497. The van der Waals surface area contributed by atoms with Gasteiger partial charge in [0.2, 0.25) is 0 Å². The number of ether oxygens (including phenoxy) is 1. The van der Waals surface area contributed by atoms with Crippen molar-refractivity contribution < 1.29 is 14.6 Å². The van der Waals surface area contributed by atoms with Gasteiger partial charge in [-0.3, -0.25) is 4.79 Å². The van der Waals surface area contributed by atoms with Crippen LogP contribution in [0.2, 0.25) is 0 Å². The molecule has 0 spiro atoms. The van der Waals surface area contributed by atoms with E-state index in [0.717, 1.165) is 24.8 Å². The van der Waals surface area contributed by atoms with Crippen molar-refractivity contribution in [3.8, 4) is 0 Å². The molecule has 1 aliphatic rings. The minimum absolute atomic E-state index is 0.227. The summed E-state index contributed by atoms with van der Waals surface area (Å²) in [5.74, 6) is -0.227. The molecule has 68 valence electrons. The minimum Gasteiger partial charge on any atom is -0.469 e. The van der Waals surface area contributed by atoms with E-state index < -0.39 is 0 Å². The summed E-state index contributed by atoms with van der Waals surface area (Å²) in [5.41, 5.74) is 1.00. The van der Waals surface area contributed by atoms with E-state index in [1.54, 1.807) is 6.08 Å². The van der Waals surface area contributed by atoms with Gasteiger partial charge in [0.15, 0.2) is 0 Å². The molecule has 0 heterocycles. The molecule has 0 aromatic heterocycles. The highest BCUT2D eigenvalue weighted by atomic mass is 16.5. The molecule has 0 amide bonds. The van der Waals surface area contributed by atoms with Crippen LogP contribution in [0.25, 0.3) is 0 Å². The zero-order valence-corrected chi connectivity index (χ0v) is 7.25. The number of carbonyl (C=O) groups is 1.